The van der Waals surface area contributed by atoms with E-state index in [2.05, 4.69) is 34.3 Å². The molecule has 0 saturated heterocycles. The number of hydrogen-bond donors (Lipinski definition) is 2. The summed E-state index contributed by atoms with van der Waals surface area (Å²) in [7, 11) is 0. The third-order valence-corrected chi connectivity index (χ3v) is 3.58. The van der Waals surface area contributed by atoms with Gasteiger partial charge in [-0.05, 0) is 49.9 Å². The molecule has 1 heterocycles. The summed E-state index contributed by atoms with van der Waals surface area (Å²) in [4.78, 5) is 8.54. The van der Waals surface area contributed by atoms with Gasteiger partial charge in [0.05, 0.1) is 0 Å². The number of nitrogens with one attached hydrogen (secondary N) is 1. The summed E-state index contributed by atoms with van der Waals surface area (Å²) >= 11 is 0. The highest BCUT2D eigenvalue weighted by Crippen LogP contribution is 2.38. The van der Waals surface area contributed by atoms with Crippen molar-refractivity contribution in [2.75, 3.05) is 5.32 Å². The van der Waals surface area contributed by atoms with Gasteiger partial charge < -0.3 is 15.6 Å². The highest BCUT2D eigenvalue weighted by molar-refractivity contribution is 14.0. The van der Waals surface area contributed by atoms with Crippen LogP contribution < -0.4 is 11.1 Å². The molecule has 1 fully saturated rings. The van der Waals surface area contributed by atoms with E-state index in [1.807, 2.05) is 18.2 Å². The van der Waals surface area contributed by atoms with E-state index in [1.165, 1.54) is 11.1 Å². The topological polar surface area (TPSA) is 89.3 Å². The third kappa shape index (κ3) is 4.19. The molecule has 0 bridgehead atoms. The second-order valence-corrected chi connectivity index (χ2v) is 5.45. The van der Waals surface area contributed by atoms with Crippen LogP contribution in [0.4, 0.5) is 5.69 Å². The van der Waals surface area contributed by atoms with Gasteiger partial charge in [-0.15, -0.1) is 24.0 Å². The first-order chi connectivity index (χ1) is 10.1. The van der Waals surface area contributed by atoms with E-state index in [9.17, 15) is 0 Å². The molecule has 1 aromatic heterocycles. The van der Waals surface area contributed by atoms with Crippen LogP contribution in [0.1, 0.15) is 41.6 Å². The largest absolute Gasteiger partial charge is 0.370 e. The summed E-state index contributed by atoms with van der Waals surface area (Å²) in [5.41, 5.74) is 9.25. The summed E-state index contributed by atoms with van der Waals surface area (Å²) in [6.45, 7) is 4.46. The Morgan fingerprint density at radius 3 is 2.82 bits per heavy atom. The third-order valence-electron chi connectivity index (χ3n) is 3.58. The SMILES string of the molecule is Cc1ccc(NC(N)=NCc2noc(C3CC3)n2)cc1C.I. The van der Waals surface area contributed by atoms with Crippen molar-refractivity contribution in [2.24, 2.45) is 10.7 Å². The molecule has 0 radical (unpaired) electrons. The van der Waals surface area contributed by atoms with Gasteiger partial charge in [0.2, 0.25) is 5.89 Å². The van der Waals surface area contributed by atoms with Crippen LogP contribution in [-0.2, 0) is 6.54 Å². The fourth-order valence-electron chi connectivity index (χ4n) is 1.99. The molecule has 1 aliphatic carbocycles. The molecule has 0 amide bonds. The van der Waals surface area contributed by atoms with Gasteiger partial charge in [-0.2, -0.15) is 4.98 Å². The lowest BCUT2D eigenvalue weighted by molar-refractivity contribution is 0.374. The number of aryl methyl sites for hydroxylation is 2. The van der Waals surface area contributed by atoms with E-state index in [4.69, 9.17) is 10.3 Å². The van der Waals surface area contributed by atoms with Crippen molar-refractivity contribution in [3.8, 4) is 0 Å². The van der Waals surface area contributed by atoms with E-state index in [0.29, 0.717) is 24.2 Å². The van der Waals surface area contributed by atoms with Gasteiger partial charge in [0.15, 0.2) is 11.8 Å². The molecule has 1 saturated carbocycles. The van der Waals surface area contributed by atoms with Crippen molar-refractivity contribution in [3.63, 3.8) is 0 Å². The minimum atomic E-state index is 0. The van der Waals surface area contributed by atoms with Crippen LogP contribution in [0.25, 0.3) is 0 Å². The zero-order valence-electron chi connectivity index (χ0n) is 12.7. The Bertz CT molecular complexity index is 678. The van der Waals surface area contributed by atoms with Crippen LogP contribution in [0.3, 0.4) is 0 Å². The Balaban J connectivity index is 0.00000176. The summed E-state index contributed by atoms with van der Waals surface area (Å²) in [6, 6.07) is 6.06. The Labute approximate surface area is 146 Å². The van der Waals surface area contributed by atoms with Gasteiger partial charge >= 0.3 is 0 Å². The molecule has 2 aromatic rings. The molecule has 22 heavy (non-hydrogen) atoms. The lowest BCUT2D eigenvalue weighted by Crippen LogP contribution is -2.22. The van der Waals surface area contributed by atoms with E-state index in [-0.39, 0.29) is 24.0 Å². The number of hydrogen-bond acceptors (Lipinski definition) is 4. The predicted octanol–water partition coefficient (Wildman–Crippen LogP) is 3.11. The fourth-order valence-corrected chi connectivity index (χ4v) is 1.99. The zero-order chi connectivity index (χ0) is 14.8. The smallest absolute Gasteiger partial charge is 0.229 e. The lowest BCUT2D eigenvalue weighted by Gasteiger charge is -2.07. The first-order valence-corrected chi connectivity index (χ1v) is 7.08. The van der Waals surface area contributed by atoms with Gasteiger partial charge in [-0.25, -0.2) is 4.99 Å². The summed E-state index contributed by atoms with van der Waals surface area (Å²) in [5.74, 6) is 2.10. The standard InChI is InChI=1S/C15H19N5O.HI/c1-9-3-6-12(7-10(9)2)18-15(16)17-8-13-19-14(21-20-13)11-4-5-11;/h3,6-7,11H,4-5,8H2,1-2H3,(H3,16,17,18);1H. The van der Waals surface area contributed by atoms with Crippen LogP contribution in [-0.4, -0.2) is 16.1 Å². The molecule has 3 rings (SSSR count). The van der Waals surface area contributed by atoms with E-state index in [1.54, 1.807) is 0 Å². The number of guanidine groups is 1. The maximum Gasteiger partial charge on any atom is 0.229 e. The Kier molecular flexibility index (Phi) is 5.38. The number of rotatable bonds is 4. The minimum Gasteiger partial charge on any atom is -0.370 e. The molecule has 3 N–H and O–H groups in total. The normalized spacial score (nSPS) is 14.5. The maximum absolute atomic E-state index is 5.87. The van der Waals surface area contributed by atoms with Crippen molar-refractivity contribution >= 4 is 35.6 Å². The first kappa shape index (κ1) is 16.7. The van der Waals surface area contributed by atoms with Gasteiger partial charge in [0.1, 0.15) is 6.54 Å². The number of aromatic nitrogens is 2. The molecular formula is C15H20IN5O. The van der Waals surface area contributed by atoms with E-state index < -0.39 is 0 Å². The predicted molar refractivity (Wildman–Crippen MR) is 96.6 cm³/mol. The van der Waals surface area contributed by atoms with Crippen LogP contribution in [0.15, 0.2) is 27.7 Å². The van der Waals surface area contributed by atoms with Gasteiger partial charge in [0.25, 0.3) is 0 Å². The highest BCUT2D eigenvalue weighted by Gasteiger charge is 2.29. The van der Waals surface area contributed by atoms with Crippen molar-refractivity contribution in [1.82, 2.24) is 10.1 Å². The average Bonchev–Trinajstić information content (AvgIpc) is 3.20. The molecule has 6 nitrogen and oxygen atoms in total. The second kappa shape index (κ2) is 7.08. The molecular weight excluding hydrogens is 393 g/mol. The maximum atomic E-state index is 5.87. The Morgan fingerprint density at radius 2 is 2.14 bits per heavy atom. The number of nitrogens with zero attached hydrogens (tertiary/aromatic N) is 3. The molecule has 0 aliphatic heterocycles. The summed E-state index contributed by atoms with van der Waals surface area (Å²) < 4.78 is 5.18. The van der Waals surface area contributed by atoms with Gasteiger partial charge in [-0.1, -0.05) is 11.2 Å². The van der Waals surface area contributed by atoms with Crippen LogP contribution >= 0.6 is 24.0 Å². The van der Waals surface area contributed by atoms with E-state index in [0.717, 1.165) is 24.4 Å². The second-order valence-electron chi connectivity index (χ2n) is 5.45. The quantitative estimate of drug-likeness (QED) is 0.457. The van der Waals surface area contributed by atoms with Crippen LogP contribution in [0.2, 0.25) is 0 Å². The van der Waals surface area contributed by atoms with Crippen molar-refractivity contribution in [1.29, 1.82) is 0 Å². The Hall–Kier alpha value is -1.64. The molecule has 7 heteroatoms. The zero-order valence-corrected chi connectivity index (χ0v) is 15.0. The average molecular weight is 413 g/mol. The molecule has 0 atom stereocenters. The monoisotopic (exact) mass is 413 g/mol. The van der Waals surface area contributed by atoms with Gasteiger partial charge in [0, 0.05) is 11.6 Å². The summed E-state index contributed by atoms with van der Waals surface area (Å²) in [6.07, 6.45) is 2.28. The fraction of sp³-hybridized carbons (Fsp3) is 0.400. The van der Waals surface area contributed by atoms with Crippen LogP contribution in [0.5, 0.6) is 0 Å². The number of nitrogens with two attached hydrogens (primary N) is 1. The Morgan fingerprint density at radius 1 is 1.36 bits per heavy atom. The van der Waals surface area contributed by atoms with Crippen molar-refractivity contribution < 1.29 is 4.52 Å². The number of halogens is 1. The number of benzene rings is 1. The number of aliphatic imine (C=N–C) groups is 1. The first-order valence-electron chi connectivity index (χ1n) is 7.08. The molecule has 0 unspecified atom stereocenters. The number of anilines is 1. The van der Waals surface area contributed by atoms with Crippen molar-refractivity contribution in [2.45, 2.75) is 39.2 Å². The molecule has 1 aliphatic rings. The molecule has 0 spiro atoms. The highest BCUT2D eigenvalue weighted by atomic mass is 127. The molecule has 118 valence electrons. The lowest BCUT2D eigenvalue weighted by atomic mass is 10.1. The molecule has 1 aromatic carbocycles. The van der Waals surface area contributed by atoms with Crippen molar-refractivity contribution in [3.05, 3.63) is 41.0 Å². The summed E-state index contributed by atoms with van der Waals surface area (Å²) in [5, 5.41) is 6.97. The van der Waals surface area contributed by atoms with Gasteiger partial charge in [-0.3, -0.25) is 0 Å². The van der Waals surface area contributed by atoms with E-state index >= 15 is 0 Å². The minimum absolute atomic E-state index is 0. The van der Waals surface area contributed by atoms with Crippen LogP contribution in [0, 0.1) is 13.8 Å².